The molecule has 1 aliphatic rings. The van der Waals surface area contributed by atoms with Crippen molar-refractivity contribution >= 4 is 0 Å². The molecule has 0 saturated carbocycles. The molecule has 4 atom stereocenters. The Morgan fingerprint density at radius 1 is 1.39 bits per heavy atom. The average Bonchev–Trinajstić information content (AvgIpc) is 2.63. The van der Waals surface area contributed by atoms with Crippen LogP contribution in [0.4, 0.5) is 4.39 Å². The van der Waals surface area contributed by atoms with Crippen LogP contribution in [0, 0.1) is 23.6 Å². The van der Waals surface area contributed by atoms with Crippen molar-refractivity contribution in [3.8, 4) is 5.75 Å². The molecule has 2 rings (SSSR count). The molecular weight excluding hydrogens is 237 g/mol. The molecule has 1 fully saturated rings. The molecule has 4 nitrogen and oxygen atoms in total. The third-order valence-corrected chi connectivity index (χ3v) is 3.83. The van der Waals surface area contributed by atoms with E-state index in [-0.39, 0.29) is 29.3 Å². The van der Waals surface area contributed by atoms with Gasteiger partial charge < -0.3 is 9.84 Å². The van der Waals surface area contributed by atoms with Crippen LogP contribution in [0.25, 0.3) is 0 Å². The highest BCUT2D eigenvalue weighted by Crippen LogP contribution is 2.44. The molecule has 1 heterocycles. The van der Waals surface area contributed by atoms with E-state index in [1.165, 1.54) is 19.1 Å². The minimum absolute atomic E-state index is 0.0310. The van der Waals surface area contributed by atoms with Gasteiger partial charge >= 0.3 is 0 Å². The van der Waals surface area contributed by atoms with Crippen LogP contribution in [0.3, 0.4) is 0 Å². The van der Waals surface area contributed by atoms with Crippen LogP contribution in [0.15, 0.2) is 17.3 Å². The molecule has 0 aliphatic carbocycles. The average molecular weight is 253 g/mol. The Balaban J connectivity index is 2.47. The van der Waals surface area contributed by atoms with Gasteiger partial charge in [-0.15, -0.1) is 4.91 Å². The molecule has 1 saturated heterocycles. The zero-order chi connectivity index (χ0) is 13.4. The fraction of sp³-hybridized carbons (Fsp3) is 0.538. The Hall–Kier alpha value is -1.49. The number of phenolic OH excluding ortho intramolecular Hbond substituents is 1. The van der Waals surface area contributed by atoms with Gasteiger partial charge in [0.25, 0.3) is 0 Å². The molecule has 98 valence electrons. The molecule has 2 unspecified atom stereocenters. The molecule has 0 radical (unpaired) electrons. The van der Waals surface area contributed by atoms with Crippen molar-refractivity contribution in [3.63, 3.8) is 0 Å². The number of nitroso groups, excluding NO2 is 1. The van der Waals surface area contributed by atoms with Gasteiger partial charge in [-0.3, -0.25) is 0 Å². The van der Waals surface area contributed by atoms with Crippen molar-refractivity contribution in [2.75, 3.05) is 0 Å². The van der Waals surface area contributed by atoms with Crippen molar-refractivity contribution in [1.29, 1.82) is 0 Å². The lowest BCUT2D eigenvalue weighted by Crippen LogP contribution is -2.16. The molecule has 0 bridgehead atoms. The van der Waals surface area contributed by atoms with E-state index in [4.69, 9.17) is 4.74 Å². The van der Waals surface area contributed by atoms with E-state index in [9.17, 15) is 14.4 Å². The van der Waals surface area contributed by atoms with Crippen LogP contribution in [0.1, 0.15) is 30.9 Å². The van der Waals surface area contributed by atoms with Gasteiger partial charge in [-0.25, -0.2) is 4.39 Å². The molecule has 0 aromatic heterocycles. The quantitative estimate of drug-likeness (QED) is 0.824. The first-order valence-corrected chi connectivity index (χ1v) is 5.93. The minimum Gasteiger partial charge on any atom is -0.507 e. The van der Waals surface area contributed by atoms with Crippen LogP contribution in [-0.2, 0) is 4.74 Å². The van der Waals surface area contributed by atoms with Gasteiger partial charge in [-0.1, -0.05) is 13.0 Å². The van der Waals surface area contributed by atoms with E-state index in [0.717, 1.165) is 0 Å². The summed E-state index contributed by atoms with van der Waals surface area (Å²) in [6, 6.07) is 2.79. The van der Waals surface area contributed by atoms with Gasteiger partial charge in [0.1, 0.15) is 11.6 Å². The Bertz CT molecular complexity index is 478. The summed E-state index contributed by atoms with van der Waals surface area (Å²) in [7, 11) is 0. The van der Waals surface area contributed by atoms with Gasteiger partial charge in [-0.05, 0) is 31.0 Å². The summed E-state index contributed by atoms with van der Waals surface area (Å²) >= 11 is 0. The smallest absolute Gasteiger partial charge is 0.197 e. The van der Waals surface area contributed by atoms with Gasteiger partial charge in [0.2, 0.25) is 0 Å². The maximum absolute atomic E-state index is 13.3. The molecule has 0 amide bonds. The molecule has 1 aromatic carbocycles. The second-order valence-corrected chi connectivity index (χ2v) is 4.83. The van der Waals surface area contributed by atoms with E-state index in [0.29, 0.717) is 5.56 Å². The number of halogens is 1. The summed E-state index contributed by atoms with van der Waals surface area (Å²) in [5, 5.41) is 13.0. The first-order chi connectivity index (χ1) is 8.47. The predicted octanol–water partition coefficient (Wildman–Crippen LogP) is 3.07. The Labute approximate surface area is 105 Å². The van der Waals surface area contributed by atoms with E-state index >= 15 is 0 Å². The molecule has 1 aliphatic heterocycles. The largest absolute Gasteiger partial charge is 0.507 e. The van der Waals surface area contributed by atoms with E-state index < -0.39 is 12.0 Å². The molecule has 1 N–H and O–H groups in total. The number of hydrogen-bond acceptors (Lipinski definition) is 4. The van der Waals surface area contributed by atoms with Crippen LogP contribution in [0.2, 0.25) is 0 Å². The first kappa shape index (κ1) is 13.0. The summed E-state index contributed by atoms with van der Waals surface area (Å²) < 4.78 is 18.8. The molecule has 5 heteroatoms. The van der Waals surface area contributed by atoms with Crippen molar-refractivity contribution < 1.29 is 14.2 Å². The standard InChI is InChI=1S/C13H16FNO3/c1-6-8(3)18-13(15-17)11(6)9-4-5-10(14)7(2)12(9)16/h4-6,8,11,13,16H,1-3H3/t6-,8?,11+,13?/m1/s1. The van der Waals surface area contributed by atoms with E-state index in [1.807, 2.05) is 13.8 Å². The monoisotopic (exact) mass is 253 g/mol. The summed E-state index contributed by atoms with van der Waals surface area (Å²) in [4.78, 5) is 10.8. The summed E-state index contributed by atoms with van der Waals surface area (Å²) in [6.45, 7) is 5.29. The summed E-state index contributed by atoms with van der Waals surface area (Å²) in [5.41, 5.74) is 0.708. The second-order valence-electron chi connectivity index (χ2n) is 4.83. The van der Waals surface area contributed by atoms with Crippen molar-refractivity contribution in [2.45, 2.75) is 39.0 Å². The van der Waals surface area contributed by atoms with Crippen LogP contribution in [-0.4, -0.2) is 17.4 Å². The van der Waals surface area contributed by atoms with Gasteiger partial charge in [0.15, 0.2) is 6.23 Å². The summed E-state index contributed by atoms with van der Waals surface area (Å²) in [6.07, 6.45) is -0.951. The maximum atomic E-state index is 13.3. The maximum Gasteiger partial charge on any atom is 0.197 e. The SMILES string of the molecule is Cc1c(F)ccc([C@H]2C(N=O)OC(C)[C@H]2C)c1O. The normalized spacial score (nSPS) is 31.6. The third kappa shape index (κ3) is 1.88. The Kier molecular flexibility index (Phi) is 3.34. The molecular formula is C13H16FNO3. The van der Waals surface area contributed by atoms with Crippen LogP contribution < -0.4 is 0 Å². The predicted molar refractivity (Wildman–Crippen MR) is 64.8 cm³/mol. The fourth-order valence-corrected chi connectivity index (χ4v) is 2.47. The van der Waals surface area contributed by atoms with Gasteiger partial charge in [-0.2, -0.15) is 0 Å². The first-order valence-electron chi connectivity index (χ1n) is 5.93. The Morgan fingerprint density at radius 3 is 2.67 bits per heavy atom. The number of aromatic hydroxyl groups is 1. The van der Waals surface area contributed by atoms with Crippen molar-refractivity contribution in [2.24, 2.45) is 11.1 Å². The van der Waals surface area contributed by atoms with E-state index in [1.54, 1.807) is 0 Å². The third-order valence-electron chi connectivity index (χ3n) is 3.83. The lowest BCUT2D eigenvalue weighted by molar-refractivity contribution is 0.0492. The topological polar surface area (TPSA) is 58.9 Å². The minimum atomic E-state index is -0.828. The number of ether oxygens (including phenoxy) is 1. The number of hydrogen-bond donors (Lipinski definition) is 1. The molecule has 1 aromatic rings. The zero-order valence-electron chi connectivity index (χ0n) is 10.6. The molecule has 18 heavy (non-hydrogen) atoms. The van der Waals surface area contributed by atoms with Gasteiger partial charge in [0, 0.05) is 17.0 Å². The van der Waals surface area contributed by atoms with E-state index in [2.05, 4.69) is 5.18 Å². The van der Waals surface area contributed by atoms with Crippen molar-refractivity contribution in [1.82, 2.24) is 0 Å². The highest BCUT2D eigenvalue weighted by Gasteiger charge is 2.43. The van der Waals surface area contributed by atoms with Gasteiger partial charge in [0.05, 0.1) is 6.10 Å². The second kappa shape index (κ2) is 4.65. The lowest BCUT2D eigenvalue weighted by atomic mass is 9.84. The summed E-state index contributed by atoms with van der Waals surface area (Å²) in [5.74, 6) is -0.884. The highest BCUT2D eigenvalue weighted by molar-refractivity contribution is 5.43. The van der Waals surface area contributed by atoms with Crippen LogP contribution >= 0.6 is 0 Å². The number of nitrogens with zero attached hydrogens (tertiary/aromatic N) is 1. The number of rotatable bonds is 2. The zero-order valence-corrected chi connectivity index (χ0v) is 10.6. The Morgan fingerprint density at radius 2 is 2.06 bits per heavy atom. The lowest BCUT2D eigenvalue weighted by Gasteiger charge is -2.19. The number of benzene rings is 1. The highest BCUT2D eigenvalue weighted by atomic mass is 19.1. The number of phenols is 1. The van der Waals surface area contributed by atoms with Crippen molar-refractivity contribution in [3.05, 3.63) is 34.0 Å². The molecule has 0 spiro atoms. The van der Waals surface area contributed by atoms with Crippen LogP contribution in [0.5, 0.6) is 5.75 Å². The fourth-order valence-electron chi connectivity index (χ4n) is 2.47.